The highest BCUT2D eigenvalue weighted by Crippen LogP contribution is 2.51. The van der Waals surface area contributed by atoms with Crippen LogP contribution in [0, 0.1) is 11.7 Å². The van der Waals surface area contributed by atoms with Crippen molar-refractivity contribution in [1.29, 1.82) is 0 Å². The summed E-state index contributed by atoms with van der Waals surface area (Å²) >= 11 is 0. The smallest absolute Gasteiger partial charge is 0.170 e. The van der Waals surface area contributed by atoms with Crippen LogP contribution in [0.15, 0.2) is 93.5 Å². The summed E-state index contributed by atoms with van der Waals surface area (Å²) in [6, 6.07) is 26.5. The molecule has 0 radical (unpaired) electrons. The Kier molecular flexibility index (Phi) is 5.67. The van der Waals surface area contributed by atoms with Crippen LogP contribution in [-0.4, -0.2) is 17.8 Å². The SMILES string of the molecule is Fc1ccc([S+](c2ccccc2)c2ccccc2)cc1OC1(C2CC3CCC2O3)CCCC1. The predicted molar refractivity (Wildman–Crippen MR) is 129 cm³/mol. The number of benzene rings is 3. The summed E-state index contributed by atoms with van der Waals surface area (Å²) in [5, 5.41) is 0. The molecular formula is C29H30FO2S+. The predicted octanol–water partition coefficient (Wildman–Crippen LogP) is 7.18. The van der Waals surface area contributed by atoms with E-state index in [-0.39, 0.29) is 28.4 Å². The fourth-order valence-corrected chi connectivity index (χ4v) is 8.25. The Balaban J connectivity index is 1.37. The molecule has 3 aromatic carbocycles. The van der Waals surface area contributed by atoms with Crippen molar-refractivity contribution in [3.05, 3.63) is 84.7 Å². The summed E-state index contributed by atoms with van der Waals surface area (Å²) in [5.74, 6) is 0.517. The van der Waals surface area contributed by atoms with E-state index < -0.39 is 0 Å². The van der Waals surface area contributed by atoms with Gasteiger partial charge in [0.2, 0.25) is 0 Å². The van der Waals surface area contributed by atoms with Crippen LogP contribution < -0.4 is 4.74 Å². The summed E-state index contributed by atoms with van der Waals surface area (Å²) in [4.78, 5) is 3.53. The average molecular weight is 462 g/mol. The third-order valence-corrected chi connectivity index (χ3v) is 9.85. The van der Waals surface area contributed by atoms with Gasteiger partial charge in [-0.1, -0.05) is 36.4 Å². The molecule has 2 nitrogen and oxygen atoms in total. The molecule has 3 atom stereocenters. The van der Waals surface area contributed by atoms with Crippen molar-refractivity contribution in [2.24, 2.45) is 5.92 Å². The number of rotatable bonds is 6. The van der Waals surface area contributed by atoms with Crippen molar-refractivity contribution < 1.29 is 13.9 Å². The minimum atomic E-state index is -0.325. The first kappa shape index (κ1) is 21.2. The lowest BCUT2D eigenvalue weighted by molar-refractivity contribution is -0.0223. The van der Waals surface area contributed by atoms with E-state index in [1.807, 2.05) is 24.3 Å². The zero-order valence-corrected chi connectivity index (χ0v) is 19.6. The first-order valence-corrected chi connectivity index (χ1v) is 13.4. The molecule has 1 aliphatic carbocycles. The number of hydrogen-bond acceptors (Lipinski definition) is 2. The number of fused-ring (bicyclic) bond motifs is 2. The lowest BCUT2D eigenvalue weighted by Gasteiger charge is -2.39. The Morgan fingerprint density at radius 3 is 2.06 bits per heavy atom. The van der Waals surface area contributed by atoms with E-state index in [0.29, 0.717) is 17.8 Å². The molecule has 6 rings (SSSR count). The van der Waals surface area contributed by atoms with Gasteiger partial charge in [-0.3, -0.25) is 0 Å². The Morgan fingerprint density at radius 1 is 0.818 bits per heavy atom. The van der Waals surface area contributed by atoms with Crippen LogP contribution in [0.3, 0.4) is 0 Å². The van der Waals surface area contributed by atoms with Crippen molar-refractivity contribution in [2.75, 3.05) is 0 Å². The molecule has 0 amide bonds. The molecule has 0 aromatic heterocycles. The topological polar surface area (TPSA) is 18.5 Å². The van der Waals surface area contributed by atoms with Crippen LogP contribution in [0.4, 0.5) is 4.39 Å². The van der Waals surface area contributed by atoms with Crippen molar-refractivity contribution in [1.82, 2.24) is 0 Å². The highest BCUT2D eigenvalue weighted by molar-refractivity contribution is 7.97. The summed E-state index contributed by atoms with van der Waals surface area (Å²) in [6.45, 7) is 0. The van der Waals surface area contributed by atoms with Crippen molar-refractivity contribution in [2.45, 2.75) is 77.4 Å². The second kappa shape index (κ2) is 8.81. The average Bonchev–Trinajstić information content (AvgIpc) is 3.61. The minimum Gasteiger partial charge on any atom is -0.484 e. The fraction of sp³-hybridized carbons (Fsp3) is 0.379. The van der Waals surface area contributed by atoms with E-state index in [1.165, 1.54) is 9.79 Å². The fourth-order valence-electron chi connectivity index (χ4n) is 6.14. The molecule has 3 aromatic rings. The van der Waals surface area contributed by atoms with Gasteiger partial charge in [-0.05, 0) is 81.3 Å². The first-order chi connectivity index (χ1) is 16.2. The van der Waals surface area contributed by atoms with Crippen LogP contribution in [0.25, 0.3) is 0 Å². The van der Waals surface area contributed by atoms with Gasteiger partial charge in [-0.15, -0.1) is 0 Å². The zero-order chi connectivity index (χ0) is 22.3. The highest BCUT2D eigenvalue weighted by atomic mass is 32.2. The summed E-state index contributed by atoms with van der Waals surface area (Å²) in [7, 11) is -0.325. The highest BCUT2D eigenvalue weighted by Gasteiger charge is 2.54. The molecule has 2 bridgehead atoms. The van der Waals surface area contributed by atoms with Crippen LogP contribution in [-0.2, 0) is 15.6 Å². The second-order valence-corrected chi connectivity index (χ2v) is 11.6. The van der Waals surface area contributed by atoms with Gasteiger partial charge in [0, 0.05) is 12.0 Å². The Bertz CT molecular complexity index is 1060. The summed E-state index contributed by atoms with van der Waals surface area (Å²) in [5.41, 5.74) is -0.294. The maximum absolute atomic E-state index is 15.2. The monoisotopic (exact) mass is 461 g/mol. The normalized spacial score (nSPS) is 25.6. The number of ether oxygens (including phenoxy) is 2. The van der Waals surface area contributed by atoms with E-state index in [9.17, 15) is 0 Å². The third-order valence-electron chi connectivity index (χ3n) is 7.64. The van der Waals surface area contributed by atoms with Gasteiger partial charge >= 0.3 is 0 Å². The first-order valence-electron chi connectivity index (χ1n) is 12.2. The van der Waals surface area contributed by atoms with E-state index in [2.05, 4.69) is 48.5 Å². The molecule has 3 aliphatic rings. The van der Waals surface area contributed by atoms with Gasteiger partial charge in [0.15, 0.2) is 26.3 Å². The lowest BCUT2D eigenvalue weighted by Crippen LogP contribution is -2.45. The van der Waals surface area contributed by atoms with E-state index in [0.717, 1.165) is 49.8 Å². The number of hydrogen-bond donors (Lipinski definition) is 0. The van der Waals surface area contributed by atoms with Crippen molar-refractivity contribution in [3.8, 4) is 5.75 Å². The van der Waals surface area contributed by atoms with Crippen molar-refractivity contribution >= 4 is 10.9 Å². The van der Waals surface area contributed by atoms with Gasteiger partial charge < -0.3 is 9.47 Å². The molecule has 170 valence electrons. The van der Waals surface area contributed by atoms with Crippen LogP contribution in [0.1, 0.15) is 44.9 Å². The standard InChI is InChI=1S/C29H30FO2S/c30-26-15-14-24(33(22-9-3-1-4-10-22)23-11-5-2-6-12-23)20-28(26)32-29(17-7-8-18-29)25-19-21-13-16-27(25)31-21/h1-6,9-12,14-15,20-21,25,27H,7-8,13,16-19H2/q+1. The van der Waals surface area contributed by atoms with Gasteiger partial charge in [0.25, 0.3) is 0 Å². The Labute approximate surface area is 198 Å². The van der Waals surface area contributed by atoms with Gasteiger partial charge in [-0.2, -0.15) is 0 Å². The van der Waals surface area contributed by atoms with Crippen LogP contribution in [0.5, 0.6) is 5.75 Å². The molecule has 0 N–H and O–H groups in total. The molecule has 2 heterocycles. The minimum absolute atomic E-state index is 0.265. The molecule has 33 heavy (non-hydrogen) atoms. The molecule has 2 saturated heterocycles. The molecule has 2 aliphatic heterocycles. The van der Waals surface area contributed by atoms with Crippen LogP contribution in [0.2, 0.25) is 0 Å². The second-order valence-electron chi connectivity index (χ2n) is 9.61. The molecule has 1 saturated carbocycles. The van der Waals surface area contributed by atoms with E-state index >= 15 is 4.39 Å². The molecular weight excluding hydrogens is 431 g/mol. The largest absolute Gasteiger partial charge is 0.484 e. The summed E-state index contributed by atoms with van der Waals surface area (Å²) in [6.07, 6.45) is 8.29. The van der Waals surface area contributed by atoms with E-state index in [1.54, 1.807) is 6.07 Å². The maximum atomic E-state index is 15.2. The number of halogens is 1. The van der Waals surface area contributed by atoms with E-state index in [4.69, 9.17) is 9.47 Å². The maximum Gasteiger partial charge on any atom is 0.170 e. The zero-order valence-electron chi connectivity index (χ0n) is 18.8. The van der Waals surface area contributed by atoms with Crippen molar-refractivity contribution in [3.63, 3.8) is 0 Å². The Hall–Kier alpha value is -2.30. The lowest BCUT2D eigenvalue weighted by atomic mass is 9.75. The molecule has 3 unspecified atom stereocenters. The molecule has 4 heteroatoms. The third kappa shape index (κ3) is 3.98. The van der Waals surface area contributed by atoms with Gasteiger partial charge in [-0.25, -0.2) is 4.39 Å². The van der Waals surface area contributed by atoms with Gasteiger partial charge in [0.1, 0.15) is 5.60 Å². The Morgan fingerprint density at radius 2 is 1.48 bits per heavy atom. The molecule has 0 spiro atoms. The quantitative estimate of drug-likeness (QED) is 0.362. The van der Waals surface area contributed by atoms with Gasteiger partial charge in [0.05, 0.1) is 23.1 Å². The molecule has 3 fully saturated rings. The summed E-state index contributed by atoms with van der Waals surface area (Å²) < 4.78 is 28.1. The van der Waals surface area contributed by atoms with Crippen LogP contribution >= 0.6 is 0 Å².